The molecule has 3 atom stereocenters. The number of amides is 2. The molecule has 1 heterocycles. The average molecular weight is 288 g/mol. The van der Waals surface area contributed by atoms with Gasteiger partial charge in [0.15, 0.2) is 0 Å². The minimum atomic E-state index is -1.04. The van der Waals surface area contributed by atoms with E-state index in [0.29, 0.717) is 19.4 Å². The zero-order chi connectivity index (χ0) is 15.3. The number of carboxylic acid groups (broad SMARTS) is 1. The SMILES string of the molecule is COC(=O)N[C@H](C(=O)N1CCC[C@H]1C(=O)O)[C@@H](C)OC. The van der Waals surface area contributed by atoms with Crippen LogP contribution in [0, 0.1) is 0 Å². The van der Waals surface area contributed by atoms with Crippen LogP contribution in [-0.4, -0.2) is 66.9 Å². The van der Waals surface area contributed by atoms with Crippen LogP contribution in [0.3, 0.4) is 0 Å². The second kappa shape index (κ2) is 7.09. The summed E-state index contributed by atoms with van der Waals surface area (Å²) in [5.41, 5.74) is 0. The van der Waals surface area contributed by atoms with Crippen LogP contribution >= 0.6 is 0 Å². The predicted octanol–water partition coefficient (Wildman–Crippen LogP) is -0.178. The molecule has 8 nitrogen and oxygen atoms in total. The molecule has 2 N–H and O–H groups in total. The van der Waals surface area contributed by atoms with Gasteiger partial charge in [0.25, 0.3) is 0 Å². The zero-order valence-electron chi connectivity index (χ0n) is 11.8. The van der Waals surface area contributed by atoms with Crippen molar-refractivity contribution in [2.75, 3.05) is 20.8 Å². The highest BCUT2D eigenvalue weighted by Crippen LogP contribution is 2.19. The van der Waals surface area contributed by atoms with Gasteiger partial charge in [0.1, 0.15) is 12.1 Å². The highest BCUT2D eigenvalue weighted by molar-refractivity contribution is 5.90. The van der Waals surface area contributed by atoms with Crippen LogP contribution in [0.5, 0.6) is 0 Å². The van der Waals surface area contributed by atoms with Gasteiger partial charge in [-0.3, -0.25) is 4.79 Å². The number of rotatable bonds is 5. The Hall–Kier alpha value is -1.83. The van der Waals surface area contributed by atoms with Crippen molar-refractivity contribution < 1.29 is 29.0 Å². The molecule has 0 aliphatic carbocycles. The normalized spacial score (nSPS) is 21.1. The van der Waals surface area contributed by atoms with Gasteiger partial charge in [-0.2, -0.15) is 0 Å². The Balaban J connectivity index is 2.86. The van der Waals surface area contributed by atoms with E-state index in [9.17, 15) is 14.4 Å². The molecule has 0 aromatic carbocycles. The molecule has 0 spiro atoms. The lowest BCUT2D eigenvalue weighted by Gasteiger charge is -2.29. The number of carbonyl (C=O) groups is 3. The number of alkyl carbamates (subject to hydrolysis) is 1. The zero-order valence-corrected chi connectivity index (χ0v) is 11.8. The Morgan fingerprint density at radius 2 is 2.00 bits per heavy atom. The Morgan fingerprint density at radius 1 is 1.35 bits per heavy atom. The lowest BCUT2D eigenvalue weighted by molar-refractivity contribution is -0.150. The first-order valence-electron chi connectivity index (χ1n) is 6.33. The number of nitrogens with one attached hydrogen (secondary N) is 1. The van der Waals surface area contributed by atoms with Crippen molar-refractivity contribution in [2.24, 2.45) is 0 Å². The molecule has 114 valence electrons. The van der Waals surface area contributed by atoms with Gasteiger partial charge in [0, 0.05) is 13.7 Å². The van der Waals surface area contributed by atoms with E-state index in [-0.39, 0.29) is 0 Å². The van der Waals surface area contributed by atoms with Gasteiger partial charge in [0.2, 0.25) is 5.91 Å². The van der Waals surface area contributed by atoms with Crippen molar-refractivity contribution in [2.45, 2.75) is 38.0 Å². The van der Waals surface area contributed by atoms with Crippen LogP contribution in [0.1, 0.15) is 19.8 Å². The van der Waals surface area contributed by atoms with E-state index in [2.05, 4.69) is 10.1 Å². The summed E-state index contributed by atoms with van der Waals surface area (Å²) in [5.74, 6) is -1.52. The molecule has 2 amide bonds. The molecule has 1 saturated heterocycles. The van der Waals surface area contributed by atoms with E-state index in [4.69, 9.17) is 9.84 Å². The van der Waals surface area contributed by atoms with Gasteiger partial charge >= 0.3 is 12.1 Å². The first-order chi connectivity index (χ1) is 9.42. The quantitative estimate of drug-likeness (QED) is 0.727. The second-order valence-electron chi connectivity index (χ2n) is 4.58. The summed E-state index contributed by atoms with van der Waals surface area (Å²) in [6.45, 7) is 1.97. The van der Waals surface area contributed by atoms with Crippen molar-refractivity contribution in [3.8, 4) is 0 Å². The topological polar surface area (TPSA) is 105 Å². The third kappa shape index (κ3) is 3.60. The molecule has 0 aromatic heterocycles. The van der Waals surface area contributed by atoms with Crippen LogP contribution in [0.4, 0.5) is 4.79 Å². The number of carboxylic acids is 1. The Bertz CT molecular complexity index is 386. The highest BCUT2D eigenvalue weighted by atomic mass is 16.5. The van der Waals surface area contributed by atoms with Crippen LogP contribution in [0.25, 0.3) is 0 Å². The number of hydrogen-bond donors (Lipinski definition) is 2. The monoisotopic (exact) mass is 288 g/mol. The first-order valence-corrected chi connectivity index (χ1v) is 6.33. The number of ether oxygens (including phenoxy) is 2. The van der Waals surface area contributed by atoms with Crippen LogP contribution in [0.2, 0.25) is 0 Å². The fourth-order valence-corrected chi connectivity index (χ4v) is 2.17. The van der Waals surface area contributed by atoms with Crippen molar-refractivity contribution in [3.63, 3.8) is 0 Å². The predicted molar refractivity (Wildman–Crippen MR) is 68.2 cm³/mol. The number of nitrogens with zero attached hydrogens (tertiary/aromatic N) is 1. The molecule has 0 radical (unpaired) electrons. The third-order valence-corrected chi connectivity index (χ3v) is 3.39. The van der Waals surface area contributed by atoms with Crippen LogP contribution in [-0.2, 0) is 19.1 Å². The van der Waals surface area contributed by atoms with Gasteiger partial charge in [-0.15, -0.1) is 0 Å². The molecule has 1 aliphatic heterocycles. The number of aliphatic carboxylic acids is 1. The lowest BCUT2D eigenvalue weighted by atomic mass is 10.1. The van der Waals surface area contributed by atoms with Gasteiger partial charge in [0.05, 0.1) is 13.2 Å². The molecule has 0 bridgehead atoms. The fraction of sp³-hybridized carbons (Fsp3) is 0.750. The van der Waals surface area contributed by atoms with Crippen molar-refractivity contribution >= 4 is 18.0 Å². The summed E-state index contributed by atoms with van der Waals surface area (Å²) in [7, 11) is 2.59. The Labute approximate surface area is 117 Å². The standard InChI is InChI=1S/C12H20N2O6/c1-7(19-2)9(13-12(18)20-3)10(15)14-6-4-5-8(14)11(16)17/h7-9H,4-6H2,1-3H3,(H,13,18)(H,16,17)/t7-,8+,9+/m1/s1. The average Bonchev–Trinajstić information content (AvgIpc) is 2.92. The summed E-state index contributed by atoms with van der Waals surface area (Å²) in [4.78, 5) is 36.1. The molecule has 8 heteroatoms. The number of carbonyl (C=O) groups excluding carboxylic acids is 2. The molecular weight excluding hydrogens is 268 g/mol. The minimum absolute atomic E-state index is 0.353. The summed E-state index contributed by atoms with van der Waals surface area (Å²) < 4.78 is 9.54. The third-order valence-electron chi connectivity index (χ3n) is 3.39. The van der Waals surface area contributed by atoms with E-state index in [1.807, 2.05) is 0 Å². The summed E-state index contributed by atoms with van der Waals surface area (Å²) >= 11 is 0. The molecular formula is C12H20N2O6. The summed E-state index contributed by atoms with van der Waals surface area (Å²) in [6.07, 6.45) is -0.336. The van der Waals surface area contributed by atoms with Gasteiger partial charge in [-0.05, 0) is 19.8 Å². The molecule has 1 rings (SSSR count). The minimum Gasteiger partial charge on any atom is -0.480 e. The van der Waals surface area contributed by atoms with E-state index in [1.165, 1.54) is 19.1 Å². The van der Waals surface area contributed by atoms with Crippen LogP contribution in [0.15, 0.2) is 0 Å². The van der Waals surface area contributed by atoms with Crippen molar-refractivity contribution in [3.05, 3.63) is 0 Å². The van der Waals surface area contributed by atoms with Crippen LogP contribution < -0.4 is 5.32 Å². The van der Waals surface area contributed by atoms with Gasteiger partial charge < -0.3 is 24.8 Å². The van der Waals surface area contributed by atoms with Crippen molar-refractivity contribution in [1.29, 1.82) is 0 Å². The molecule has 0 saturated carbocycles. The van der Waals surface area contributed by atoms with Gasteiger partial charge in [-0.25, -0.2) is 9.59 Å². The molecule has 20 heavy (non-hydrogen) atoms. The number of likely N-dealkylation sites (tertiary alicyclic amines) is 1. The van der Waals surface area contributed by atoms with Gasteiger partial charge in [-0.1, -0.05) is 0 Å². The summed E-state index contributed by atoms with van der Waals surface area (Å²) in [6, 6.07) is -1.83. The largest absolute Gasteiger partial charge is 0.480 e. The maximum absolute atomic E-state index is 12.4. The van der Waals surface area contributed by atoms with E-state index in [0.717, 1.165) is 0 Å². The Morgan fingerprint density at radius 3 is 2.50 bits per heavy atom. The van der Waals surface area contributed by atoms with E-state index < -0.39 is 36.2 Å². The highest BCUT2D eigenvalue weighted by Gasteiger charge is 2.39. The number of methoxy groups -OCH3 is 2. The molecule has 0 unspecified atom stereocenters. The molecule has 1 aliphatic rings. The van der Waals surface area contributed by atoms with E-state index >= 15 is 0 Å². The second-order valence-corrected chi connectivity index (χ2v) is 4.58. The Kier molecular flexibility index (Phi) is 5.75. The molecule has 1 fully saturated rings. The van der Waals surface area contributed by atoms with E-state index in [1.54, 1.807) is 6.92 Å². The maximum Gasteiger partial charge on any atom is 0.407 e. The first kappa shape index (κ1) is 16.2. The maximum atomic E-state index is 12.4. The molecule has 0 aromatic rings. The summed E-state index contributed by atoms with van der Waals surface area (Å²) in [5, 5.41) is 11.5. The smallest absolute Gasteiger partial charge is 0.407 e. The van der Waals surface area contributed by atoms with Crippen molar-refractivity contribution in [1.82, 2.24) is 10.2 Å². The number of hydrogen-bond acceptors (Lipinski definition) is 5. The lowest BCUT2D eigenvalue weighted by Crippen LogP contribution is -2.56. The fourth-order valence-electron chi connectivity index (χ4n) is 2.17.